The number of carbonyl (C=O) groups excluding carboxylic acids is 1. The van der Waals surface area contributed by atoms with Gasteiger partial charge in [-0.1, -0.05) is 20.8 Å². The molecule has 3 N–H and O–H groups in total. The molecule has 4 heteroatoms. The van der Waals surface area contributed by atoms with E-state index in [0.29, 0.717) is 12.0 Å². The lowest BCUT2D eigenvalue weighted by Gasteiger charge is -2.48. The summed E-state index contributed by atoms with van der Waals surface area (Å²) in [6, 6.07) is 0. The van der Waals surface area contributed by atoms with Crippen LogP contribution in [-0.4, -0.2) is 39.9 Å². The molecule has 3 rings (SSSR count). The summed E-state index contributed by atoms with van der Waals surface area (Å²) in [5.74, 6) is 0.131. The zero-order valence-corrected chi connectivity index (χ0v) is 11.6. The Morgan fingerprint density at radius 3 is 2.58 bits per heavy atom. The summed E-state index contributed by atoms with van der Waals surface area (Å²) >= 11 is 0. The van der Waals surface area contributed by atoms with Gasteiger partial charge in [-0.25, -0.2) is 0 Å². The highest BCUT2D eigenvalue weighted by Crippen LogP contribution is 2.73. The lowest BCUT2D eigenvalue weighted by atomic mass is 9.57. The van der Waals surface area contributed by atoms with Crippen LogP contribution in [0.1, 0.15) is 27.2 Å². The first-order valence-corrected chi connectivity index (χ1v) is 7.01. The van der Waals surface area contributed by atoms with Crippen molar-refractivity contribution >= 4 is 5.78 Å². The van der Waals surface area contributed by atoms with Crippen LogP contribution in [0.5, 0.6) is 0 Å². The molecule has 7 atom stereocenters. The molecule has 0 aliphatic heterocycles. The highest BCUT2D eigenvalue weighted by molar-refractivity contribution is 5.98. The zero-order chi connectivity index (χ0) is 14.2. The van der Waals surface area contributed by atoms with E-state index < -0.39 is 12.2 Å². The van der Waals surface area contributed by atoms with Gasteiger partial charge in [0.1, 0.15) is 6.10 Å². The Morgan fingerprint density at radius 1 is 1.37 bits per heavy atom. The van der Waals surface area contributed by atoms with Gasteiger partial charge in [0.05, 0.1) is 6.10 Å². The minimum absolute atomic E-state index is 0.00382. The maximum absolute atomic E-state index is 12.2. The van der Waals surface area contributed by atoms with Crippen molar-refractivity contribution in [2.24, 2.45) is 28.6 Å². The number of carbonyl (C=O) groups is 1. The first kappa shape index (κ1) is 13.3. The Bertz CT molecular complexity index is 471. The number of allylic oxidation sites excluding steroid dienone is 1. The van der Waals surface area contributed by atoms with Crippen LogP contribution in [0, 0.1) is 28.6 Å². The number of hydrogen-bond donors (Lipinski definition) is 3. The van der Waals surface area contributed by atoms with Crippen LogP contribution < -0.4 is 0 Å². The molecule has 0 bridgehead atoms. The Hall–Kier alpha value is -0.710. The first-order chi connectivity index (χ1) is 8.78. The minimum Gasteiger partial charge on any atom is -0.396 e. The molecule has 0 amide bonds. The second kappa shape index (κ2) is 3.68. The van der Waals surface area contributed by atoms with Gasteiger partial charge < -0.3 is 15.3 Å². The number of aliphatic hydroxyl groups is 3. The van der Waals surface area contributed by atoms with Crippen molar-refractivity contribution in [1.82, 2.24) is 0 Å². The summed E-state index contributed by atoms with van der Waals surface area (Å²) < 4.78 is 0. The average molecular weight is 266 g/mol. The van der Waals surface area contributed by atoms with E-state index in [2.05, 4.69) is 13.8 Å². The number of ketones is 1. The van der Waals surface area contributed by atoms with Crippen LogP contribution in [-0.2, 0) is 4.79 Å². The Labute approximate surface area is 113 Å². The van der Waals surface area contributed by atoms with Crippen LogP contribution in [0.15, 0.2) is 11.6 Å². The van der Waals surface area contributed by atoms with Gasteiger partial charge in [0.2, 0.25) is 0 Å². The number of aliphatic hydroxyl groups excluding tert-OH is 3. The fourth-order valence-corrected chi connectivity index (χ4v) is 4.80. The second-order valence-corrected chi connectivity index (χ2v) is 7.05. The molecule has 0 aromatic carbocycles. The van der Waals surface area contributed by atoms with E-state index in [1.165, 1.54) is 6.08 Å². The molecule has 3 aliphatic rings. The third kappa shape index (κ3) is 1.37. The number of rotatable bonds is 1. The predicted molar refractivity (Wildman–Crippen MR) is 69.2 cm³/mol. The third-order valence-corrected chi connectivity index (χ3v) is 6.16. The Kier molecular flexibility index (Phi) is 2.58. The molecule has 0 heterocycles. The molecule has 0 saturated heterocycles. The molecular formula is C15H22O4. The van der Waals surface area contributed by atoms with Gasteiger partial charge in [-0.15, -0.1) is 0 Å². The zero-order valence-electron chi connectivity index (χ0n) is 11.6. The predicted octanol–water partition coefficient (Wildman–Crippen LogP) is 0.508. The van der Waals surface area contributed by atoms with Crippen LogP contribution in [0.3, 0.4) is 0 Å². The van der Waals surface area contributed by atoms with Gasteiger partial charge >= 0.3 is 0 Å². The number of fused-ring (bicyclic) bond motifs is 3. The SMILES string of the molecule is C[C@H]1C[C@@H](O)[C@H](O)C2=CC(=O)[C@H]3[C@H](C3(C)CO)[C@@]21C. The van der Waals surface area contributed by atoms with Gasteiger partial charge in [0.25, 0.3) is 0 Å². The fourth-order valence-electron chi connectivity index (χ4n) is 4.80. The lowest BCUT2D eigenvalue weighted by molar-refractivity contribution is -0.118. The van der Waals surface area contributed by atoms with Crippen molar-refractivity contribution in [2.75, 3.05) is 6.61 Å². The van der Waals surface area contributed by atoms with E-state index in [9.17, 15) is 20.1 Å². The van der Waals surface area contributed by atoms with Crippen LogP contribution >= 0.6 is 0 Å². The number of hydrogen-bond acceptors (Lipinski definition) is 4. The van der Waals surface area contributed by atoms with E-state index >= 15 is 0 Å². The molecule has 0 aromatic heterocycles. The van der Waals surface area contributed by atoms with Crippen molar-refractivity contribution in [2.45, 2.75) is 39.4 Å². The second-order valence-electron chi connectivity index (χ2n) is 7.05. The van der Waals surface area contributed by atoms with Crippen LogP contribution in [0.4, 0.5) is 0 Å². The van der Waals surface area contributed by atoms with Gasteiger partial charge in [-0.3, -0.25) is 4.79 Å². The summed E-state index contributed by atoms with van der Waals surface area (Å²) in [4.78, 5) is 12.2. The summed E-state index contributed by atoms with van der Waals surface area (Å²) in [6.07, 6.45) is 0.326. The maximum Gasteiger partial charge on any atom is 0.159 e. The molecule has 2 saturated carbocycles. The standard InChI is InChI=1S/C15H22O4/c1-7-4-10(18)12(19)8-5-9(17)11-13(15(7,8)3)14(11,2)6-16/h5,7,10-13,16,18-19H,4,6H2,1-3H3/t7-,10+,11-,12+,13+,14?,15+/m0/s1. The minimum atomic E-state index is -0.949. The molecular weight excluding hydrogens is 244 g/mol. The molecule has 106 valence electrons. The summed E-state index contributed by atoms with van der Waals surface area (Å²) in [5.41, 5.74) is -0.00289. The largest absolute Gasteiger partial charge is 0.396 e. The molecule has 1 unspecified atom stereocenters. The van der Waals surface area contributed by atoms with Gasteiger partial charge in [-0.05, 0) is 35.3 Å². The van der Waals surface area contributed by atoms with E-state index in [4.69, 9.17) is 0 Å². The monoisotopic (exact) mass is 266 g/mol. The van der Waals surface area contributed by atoms with E-state index in [1.54, 1.807) is 0 Å². The van der Waals surface area contributed by atoms with Crippen molar-refractivity contribution in [3.8, 4) is 0 Å². The molecule has 0 radical (unpaired) electrons. The highest BCUT2D eigenvalue weighted by Gasteiger charge is 2.74. The topological polar surface area (TPSA) is 77.8 Å². The third-order valence-electron chi connectivity index (χ3n) is 6.16. The van der Waals surface area contributed by atoms with Crippen molar-refractivity contribution in [3.05, 3.63) is 11.6 Å². The maximum atomic E-state index is 12.2. The molecule has 4 nitrogen and oxygen atoms in total. The fraction of sp³-hybridized carbons (Fsp3) is 0.800. The summed E-state index contributed by atoms with van der Waals surface area (Å²) in [7, 11) is 0. The quantitative estimate of drug-likeness (QED) is 0.646. The molecule has 19 heavy (non-hydrogen) atoms. The Morgan fingerprint density at radius 2 is 2.00 bits per heavy atom. The van der Waals surface area contributed by atoms with Gasteiger partial charge in [0, 0.05) is 17.9 Å². The lowest BCUT2D eigenvalue weighted by Crippen LogP contribution is -2.49. The normalized spacial score (nSPS) is 56.2. The highest BCUT2D eigenvalue weighted by atomic mass is 16.3. The summed E-state index contributed by atoms with van der Waals surface area (Å²) in [5, 5.41) is 29.8. The molecule has 0 spiro atoms. The summed E-state index contributed by atoms with van der Waals surface area (Å²) in [6.45, 7) is 6.08. The first-order valence-electron chi connectivity index (χ1n) is 7.01. The van der Waals surface area contributed by atoms with Gasteiger partial charge in [0.15, 0.2) is 5.78 Å². The Balaban J connectivity index is 2.10. The smallest absolute Gasteiger partial charge is 0.159 e. The van der Waals surface area contributed by atoms with E-state index in [1.807, 2.05) is 6.92 Å². The van der Waals surface area contributed by atoms with Crippen LogP contribution in [0.25, 0.3) is 0 Å². The van der Waals surface area contributed by atoms with Crippen molar-refractivity contribution in [3.63, 3.8) is 0 Å². The van der Waals surface area contributed by atoms with E-state index in [0.717, 1.165) is 0 Å². The molecule has 2 fully saturated rings. The van der Waals surface area contributed by atoms with Crippen molar-refractivity contribution < 1.29 is 20.1 Å². The van der Waals surface area contributed by atoms with E-state index in [-0.39, 0.29) is 41.0 Å². The van der Waals surface area contributed by atoms with Gasteiger partial charge in [-0.2, -0.15) is 0 Å². The van der Waals surface area contributed by atoms with Crippen molar-refractivity contribution in [1.29, 1.82) is 0 Å². The van der Waals surface area contributed by atoms with Crippen LogP contribution in [0.2, 0.25) is 0 Å². The average Bonchev–Trinajstić information content (AvgIpc) is 3.00. The molecule has 3 aliphatic carbocycles. The molecule has 0 aromatic rings.